The van der Waals surface area contributed by atoms with Gasteiger partial charge in [-0.15, -0.1) is 0 Å². The van der Waals surface area contributed by atoms with Gasteiger partial charge in [-0.1, -0.05) is 26.0 Å². The molecule has 0 unspecified atom stereocenters. The number of pyridine rings is 1. The highest BCUT2D eigenvalue weighted by atomic mass is 16.5. The number of aromatic nitrogens is 1. The molecule has 0 bridgehead atoms. The van der Waals surface area contributed by atoms with Crippen LogP contribution in [0, 0.1) is 12.8 Å². The van der Waals surface area contributed by atoms with Crippen molar-refractivity contribution in [2.24, 2.45) is 5.92 Å². The molecule has 1 aromatic heterocycles. The molecule has 0 spiro atoms. The molecule has 0 aliphatic carbocycles. The number of ether oxygens (including phenoxy) is 2. The van der Waals surface area contributed by atoms with E-state index in [-0.39, 0.29) is 30.4 Å². The van der Waals surface area contributed by atoms with Crippen molar-refractivity contribution in [3.8, 4) is 5.75 Å². The summed E-state index contributed by atoms with van der Waals surface area (Å²) in [5, 5.41) is 0. The van der Waals surface area contributed by atoms with Crippen molar-refractivity contribution in [1.29, 1.82) is 0 Å². The first-order valence-electron chi connectivity index (χ1n) is 11.3. The maximum atomic E-state index is 13.5. The van der Waals surface area contributed by atoms with Crippen LogP contribution in [0.1, 0.15) is 37.8 Å². The van der Waals surface area contributed by atoms with Crippen LogP contribution < -0.4 is 9.64 Å². The summed E-state index contributed by atoms with van der Waals surface area (Å²) in [5.74, 6) is 0.340. The summed E-state index contributed by atoms with van der Waals surface area (Å²) in [5.41, 5.74) is 2.61. The fourth-order valence-corrected chi connectivity index (χ4v) is 4.22. The Balaban J connectivity index is 1.59. The third-order valence-corrected chi connectivity index (χ3v) is 5.96. The van der Waals surface area contributed by atoms with E-state index < -0.39 is 6.10 Å². The maximum absolute atomic E-state index is 13.5. The van der Waals surface area contributed by atoms with Gasteiger partial charge in [-0.25, -0.2) is 0 Å². The molecule has 2 atom stereocenters. The monoisotopic (exact) mass is 437 g/mol. The van der Waals surface area contributed by atoms with E-state index in [4.69, 9.17) is 9.47 Å². The number of carbonyl (C=O) groups is 2. The van der Waals surface area contributed by atoms with E-state index in [1.165, 1.54) is 0 Å². The molecule has 2 aliphatic rings. The van der Waals surface area contributed by atoms with Gasteiger partial charge in [0.25, 0.3) is 5.91 Å². The Kier molecular flexibility index (Phi) is 6.74. The van der Waals surface area contributed by atoms with Crippen LogP contribution in [-0.4, -0.2) is 53.6 Å². The van der Waals surface area contributed by atoms with E-state index in [1.54, 1.807) is 22.2 Å². The number of nitrogens with zero attached hydrogens (tertiary/aromatic N) is 3. The van der Waals surface area contributed by atoms with Crippen molar-refractivity contribution in [2.75, 3.05) is 24.6 Å². The zero-order valence-electron chi connectivity index (χ0n) is 19.0. The summed E-state index contributed by atoms with van der Waals surface area (Å²) in [7, 11) is 0. The van der Waals surface area contributed by atoms with Gasteiger partial charge in [-0.3, -0.25) is 19.5 Å². The van der Waals surface area contributed by atoms with Gasteiger partial charge in [0.2, 0.25) is 5.91 Å². The largest absolute Gasteiger partial charge is 0.478 e. The van der Waals surface area contributed by atoms with Crippen molar-refractivity contribution in [3.05, 3.63) is 53.9 Å². The number of hydrogen-bond acceptors (Lipinski definition) is 5. The van der Waals surface area contributed by atoms with E-state index in [0.29, 0.717) is 24.5 Å². The predicted molar refractivity (Wildman–Crippen MR) is 121 cm³/mol. The van der Waals surface area contributed by atoms with Gasteiger partial charge in [0.05, 0.1) is 11.8 Å². The summed E-state index contributed by atoms with van der Waals surface area (Å²) >= 11 is 0. The van der Waals surface area contributed by atoms with Gasteiger partial charge in [-0.05, 0) is 55.0 Å². The van der Waals surface area contributed by atoms with E-state index >= 15 is 0 Å². The molecule has 1 saturated heterocycles. The fourth-order valence-electron chi connectivity index (χ4n) is 4.22. The van der Waals surface area contributed by atoms with Crippen LogP contribution in [0.3, 0.4) is 0 Å². The standard InChI is InChI=1S/C25H31N3O4/c1-17(2)24-25(30)28(21-12-18(3)8-9-22(21)32-24)16-23(29)27(15-20-7-5-11-31-20)14-19-6-4-10-26-13-19/h4,6,8-10,12-13,17,20,24H,5,7,11,14-16H2,1-3H3/t20-,24+/m0/s1. The molecule has 2 aliphatic heterocycles. The Morgan fingerprint density at radius 2 is 2.16 bits per heavy atom. The lowest BCUT2D eigenvalue weighted by Gasteiger charge is -2.37. The number of hydrogen-bond donors (Lipinski definition) is 0. The molecule has 7 nitrogen and oxygen atoms in total. The highest BCUT2D eigenvalue weighted by Crippen LogP contribution is 2.36. The molecule has 1 aromatic carbocycles. The zero-order chi connectivity index (χ0) is 22.7. The van der Waals surface area contributed by atoms with E-state index in [1.807, 2.05) is 51.1 Å². The minimum atomic E-state index is -0.608. The minimum absolute atomic E-state index is 0.00654. The second-order valence-electron chi connectivity index (χ2n) is 8.95. The van der Waals surface area contributed by atoms with Crippen molar-refractivity contribution in [2.45, 2.75) is 52.4 Å². The average molecular weight is 438 g/mol. The summed E-state index contributed by atoms with van der Waals surface area (Å²) in [6, 6.07) is 9.56. The Hall–Kier alpha value is -2.93. The highest BCUT2D eigenvalue weighted by Gasteiger charge is 2.38. The van der Waals surface area contributed by atoms with Crippen LogP contribution >= 0.6 is 0 Å². The van der Waals surface area contributed by atoms with Crippen LogP contribution in [0.15, 0.2) is 42.7 Å². The van der Waals surface area contributed by atoms with Crippen LogP contribution in [0.5, 0.6) is 5.75 Å². The number of rotatable bonds is 7. The lowest BCUT2D eigenvalue weighted by atomic mass is 10.0. The Morgan fingerprint density at radius 3 is 2.84 bits per heavy atom. The first kappa shape index (κ1) is 22.3. The topological polar surface area (TPSA) is 72.0 Å². The summed E-state index contributed by atoms with van der Waals surface area (Å²) in [6.45, 7) is 7.49. The molecule has 2 amide bonds. The molecule has 0 N–H and O–H groups in total. The molecular formula is C25H31N3O4. The lowest BCUT2D eigenvalue weighted by Crippen LogP contribution is -2.52. The zero-order valence-corrected chi connectivity index (χ0v) is 19.0. The SMILES string of the molecule is Cc1ccc2c(c1)N(CC(=O)N(Cc1cccnc1)C[C@@H]1CCCO1)C(=O)[C@@H](C(C)C)O2. The smallest absolute Gasteiger partial charge is 0.268 e. The van der Waals surface area contributed by atoms with Crippen molar-refractivity contribution >= 4 is 17.5 Å². The lowest BCUT2D eigenvalue weighted by molar-refractivity contribution is -0.135. The molecule has 170 valence electrons. The van der Waals surface area contributed by atoms with Gasteiger partial charge in [0.1, 0.15) is 12.3 Å². The average Bonchev–Trinajstić information content (AvgIpc) is 3.29. The number of fused-ring (bicyclic) bond motifs is 1. The van der Waals surface area contributed by atoms with E-state index in [0.717, 1.165) is 30.6 Å². The van der Waals surface area contributed by atoms with E-state index in [9.17, 15) is 9.59 Å². The Morgan fingerprint density at radius 1 is 1.31 bits per heavy atom. The van der Waals surface area contributed by atoms with Gasteiger partial charge >= 0.3 is 0 Å². The summed E-state index contributed by atoms with van der Waals surface area (Å²) in [6.07, 6.45) is 4.84. The van der Waals surface area contributed by atoms with Crippen molar-refractivity contribution < 1.29 is 19.1 Å². The Bertz CT molecular complexity index is 957. The predicted octanol–water partition coefficient (Wildman–Crippen LogP) is 3.35. The maximum Gasteiger partial charge on any atom is 0.268 e. The van der Waals surface area contributed by atoms with Gasteiger partial charge < -0.3 is 14.4 Å². The van der Waals surface area contributed by atoms with Gasteiger partial charge in [0.15, 0.2) is 6.10 Å². The molecular weight excluding hydrogens is 406 g/mol. The third kappa shape index (κ3) is 4.93. The number of amides is 2. The normalized spacial score (nSPS) is 20.2. The number of anilines is 1. The van der Waals surface area contributed by atoms with Crippen molar-refractivity contribution in [3.63, 3.8) is 0 Å². The number of benzene rings is 1. The molecule has 1 fully saturated rings. The molecule has 0 saturated carbocycles. The minimum Gasteiger partial charge on any atom is -0.478 e. The Labute approximate surface area is 189 Å². The first-order chi connectivity index (χ1) is 15.4. The molecule has 3 heterocycles. The molecule has 2 aromatic rings. The summed E-state index contributed by atoms with van der Waals surface area (Å²) < 4.78 is 11.8. The van der Waals surface area contributed by atoms with Gasteiger partial charge in [-0.2, -0.15) is 0 Å². The van der Waals surface area contributed by atoms with Crippen LogP contribution in [0.4, 0.5) is 5.69 Å². The molecule has 4 rings (SSSR count). The molecule has 7 heteroatoms. The molecule has 32 heavy (non-hydrogen) atoms. The van der Waals surface area contributed by atoms with Crippen LogP contribution in [-0.2, 0) is 20.9 Å². The number of aryl methyl sites for hydroxylation is 1. The van der Waals surface area contributed by atoms with Crippen LogP contribution in [0.2, 0.25) is 0 Å². The second-order valence-corrected chi connectivity index (χ2v) is 8.95. The van der Waals surface area contributed by atoms with Crippen molar-refractivity contribution in [1.82, 2.24) is 9.88 Å². The fraction of sp³-hybridized carbons (Fsp3) is 0.480. The number of carbonyl (C=O) groups excluding carboxylic acids is 2. The first-order valence-corrected chi connectivity index (χ1v) is 11.3. The van der Waals surface area contributed by atoms with E-state index in [2.05, 4.69) is 4.98 Å². The second kappa shape index (κ2) is 9.69. The summed E-state index contributed by atoms with van der Waals surface area (Å²) in [4.78, 5) is 34.4. The highest BCUT2D eigenvalue weighted by molar-refractivity contribution is 6.04. The third-order valence-electron chi connectivity index (χ3n) is 5.96. The quantitative estimate of drug-likeness (QED) is 0.664. The van der Waals surface area contributed by atoms with Gasteiger partial charge in [0, 0.05) is 32.1 Å². The van der Waals surface area contributed by atoms with Crippen LogP contribution in [0.25, 0.3) is 0 Å². The molecule has 0 radical (unpaired) electrons.